The molecule has 37 heavy (non-hydrogen) atoms. The Morgan fingerprint density at radius 3 is 1.81 bits per heavy atom. The van der Waals surface area contributed by atoms with Crippen LogP contribution in [0.15, 0.2) is 0 Å². The van der Waals surface area contributed by atoms with Crippen molar-refractivity contribution in [2.75, 3.05) is 40.9 Å². The van der Waals surface area contributed by atoms with Gasteiger partial charge in [0.15, 0.2) is 0 Å². The molecule has 0 heterocycles. The van der Waals surface area contributed by atoms with Crippen LogP contribution >= 0.6 is 7.82 Å². The molecule has 0 aliphatic heterocycles. The van der Waals surface area contributed by atoms with Crippen molar-refractivity contribution >= 4 is 13.7 Å². The highest BCUT2D eigenvalue weighted by Gasteiger charge is 2.28. The Morgan fingerprint density at radius 2 is 1.30 bits per heavy atom. The van der Waals surface area contributed by atoms with Gasteiger partial charge in [0.25, 0.3) is 0 Å². The molecule has 0 bridgehead atoms. The minimum Gasteiger partial charge on any atom is -0.391 e. The van der Waals surface area contributed by atoms with Crippen LogP contribution in [-0.2, 0) is 18.4 Å². The number of nitrogens with one attached hydrogen (secondary N) is 1. The fourth-order valence-electron chi connectivity index (χ4n) is 4.10. The summed E-state index contributed by atoms with van der Waals surface area (Å²) in [6, 6.07) is -0.746. The van der Waals surface area contributed by atoms with E-state index in [4.69, 9.17) is 9.05 Å². The number of aliphatic hydroxyl groups is 1. The zero-order chi connectivity index (χ0) is 28.0. The lowest BCUT2D eigenvalue weighted by Crippen LogP contribution is -2.46. The minimum absolute atomic E-state index is 0.0764. The number of carbonyl (C=O) groups is 1. The second-order valence-electron chi connectivity index (χ2n) is 11.5. The maximum absolute atomic E-state index is 12.4. The van der Waals surface area contributed by atoms with Crippen molar-refractivity contribution in [2.24, 2.45) is 0 Å². The van der Waals surface area contributed by atoms with Crippen LogP contribution in [-0.4, -0.2) is 73.4 Å². The molecule has 0 aliphatic rings. The molecule has 0 radical (unpaired) electrons. The number of hydrogen-bond acceptors (Lipinski definition) is 5. The molecule has 0 saturated carbocycles. The van der Waals surface area contributed by atoms with Gasteiger partial charge in [-0.3, -0.25) is 13.8 Å². The Labute approximate surface area is 228 Å². The molecule has 0 aromatic rings. The Balaban J connectivity index is 4.50. The van der Waals surface area contributed by atoms with Crippen LogP contribution in [0.3, 0.4) is 0 Å². The first-order valence-corrected chi connectivity index (χ1v) is 16.4. The summed E-state index contributed by atoms with van der Waals surface area (Å²) < 4.78 is 23.2. The van der Waals surface area contributed by atoms with E-state index in [9.17, 15) is 19.4 Å². The monoisotopic (exact) mass is 551 g/mol. The zero-order valence-electron chi connectivity index (χ0n) is 24.7. The van der Waals surface area contributed by atoms with Crippen LogP contribution in [0.5, 0.6) is 0 Å². The predicted molar refractivity (Wildman–Crippen MR) is 152 cm³/mol. The van der Waals surface area contributed by atoms with E-state index in [2.05, 4.69) is 19.2 Å². The highest BCUT2D eigenvalue weighted by atomic mass is 31.2. The summed E-state index contributed by atoms with van der Waals surface area (Å²) in [6.07, 6.45) is 17.4. The van der Waals surface area contributed by atoms with Gasteiger partial charge in [-0.2, -0.15) is 0 Å². The van der Waals surface area contributed by atoms with Crippen LogP contribution in [0.25, 0.3) is 0 Å². The summed E-state index contributed by atoms with van der Waals surface area (Å²) in [4.78, 5) is 22.5. The van der Waals surface area contributed by atoms with Gasteiger partial charge in [-0.05, 0) is 12.8 Å². The molecule has 1 amide bonds. The topological polar surface area (TPSA) is 105 Å². The van der Waals surface area contributed by atoms with Gasteiger partial charge in [0, 0.05) is 6.42 Å². The first kappa shape index (κ1) is 36.5. The van der Waals surface area contributed by atoms with Crippen LogP contribution < -0.4 is 5.32 Å². The van der Waals surface area contributed by atoms with Gasteiger partial charge in [0.1, 0.15) is 13.2 Å². The fraction of sp³-hybridized carbons (Fsp3) is 0.964. The average Bonchev–Trinajstić information content (AvgIpc) is 2.81. The molecule has 3 unspecified atom stereocenters. The number of nitrogens with zero attached hydrogens (tertiary/aromatic N) is 1. The van der Waals surface area contributed by atoms with Crippen LogP contribution in [0, 0.1) is 0 Å². The second-order valence-corrected chi connectivity index (χ2v) is 12.9. The molecule has 0 aromatic carbocycles. The Kier molecular flexibility index (Phi) is 22.0. The summed E-state index contributed by atoms with van der Waals surface area (Å²) in [6.45, 7) is 4.72. The summed E-state index contributed by atoms with van der Waals surface area (Å²) >= 11 is 0. The number of carbonyl (C=O) groups excluding carboxylic acids is 1. The van der Waals surface area contributed by atoms with E-state index in [1.165, 1.54) is 51.4 Å². The van der Waals surface area contributed by atoms with E-state index in [1.807, 2.05) is 21.1 Å². The number of phosphoric acid groups is 1. The van der Waals surface area contributed by atoms with Crippen LogP contribution in [0.4, 0.5) is 0 Å². The van der Waals surface area contributed by atoms with Gasteiger partial charge in [-0.1, -0.05) is 104 Å². The van der Waals surface area contributed by atoms with Gasteiger partial charge >= 0.3 is 7.82 Å². The molecular formula is C28H60N2O6P+. The van der Waals surface area contributed by atoms with Gasteiger partial charge in [0.2, 0.25) is 5.91 Å². The van der Waals surface area contributed by atoms with Gasteiger partial charge < -0.3 is 19.8 Å². The molecule has 3 atom stereocenters. The number of aliphatic hydroxyl groups excluding tert-OH is 1. The van der Waals surface area contributed by atoms with Crippen molar-refractivity contribution in [3.05, 3.63) is 0 Å². The Hall–Kier alpha value is -0.500. The third-order valence-electron chi connectivity index (χ3n) is 6.61. The Bertz CT molecular complexity index is 600. The molecule has 9 heteroatoms. The first-order valence-electron chi connectivity index (χ1n) is 14.9. The first-order chi connectivity index (χ1) is 17.5. The molecule has 0 rings (SSSR count). The van der Waals surface area contributed by atoms with Crippen molar-refractivity contribution in [3.63, 3.8) is 0 Å². The number of rotatable bonds is 26. The largest absolute Gasteiger partial charge is 0.472 e. The highest BCUT2D eigenvalue weighted by molar-refractivity contribution is 7.47. The molecule has 0 saturated heterocycles. The van der Waals surface area contributed by atoms with E-state index in [0.29, 0.717) is 23.9 Å². The number of phosphoric ester groups is 1. The van der Waals surface area contributed by atoms with Crippen molar-refractivity contribution in [3.8, 4) is 0 Å². The molecule has 222 valence electrons. The molecule has 8 nitrogen and oxygen atoms in total. The van der Waals surface area contributed by atoms with Crippen molar-refractivity contribution < 1.29 is 32.9 Å². The Morgan fingerprint density at radius 1 is 0.811 bits per heavy atom. The minimum atomic E-state index is -4.27. The standard InChI is InChI=1S/C28H59N2O6P/c1-6-8-10-12-13-14-15-16-17-18-19-21-27(31)26(29-28(32)22-20-11-9-7-2)25-36-37(33,34)35-24-23-30(3,4)5/h26-27,31H,6-25H2,1-5H3,(H-,29,32,33,34)/p+1. The lowest BCUT2D eigenvalue weighted by Gasteiger charge is -2.26. The highest BCUT2D eigenvalue weighted by Crippen LogP contribution is 2.43. The van der Waals surface area contributed by atoms with E-state index >= 15 is 0 Å². The van der Waals surface area contributed by atoms with Crippen molar-refractivity contribution in [1.82, 2.24) is 5.32 Å². The molecule has 0 aliphatic carbocycles. The summed E-state index contributed by atoms with van der Waals surface area (Å²) in [5.74, 6) is -0.165. The SMILES string of the molecule is CCCCCCCCCCCCCC(O)C(COP(=O)(O)OCC[N+](C)(C)C)NC(=O)CCCCCC. The third-order valence-corrected chi connectivity index (χ3v) is 7.59. The quantitative estimate of drug-likeness (QED) is 0.0658. The lowest BCUT2D eigenvalue weighted by atomic mass is 10.0. The molecule has 3 N–H and O–H groups in total. The number of amides is 1. The fourth-order valence-corrected chi connectivity index (χ4v) is 4.84. The maximum atomic E-state index is 12.4. The number of quaternary nitrogens is 1. The molecule has 0 fully saturated rings. The summed E-state index contributed by atoms with van der Waals surface area (Å²) in [7, 11) is 1.61. The van der Waals surface area contributed by atoms with Crippen molar-refractivity contribution in [2.45, 2.75) is 135 Å². The summed E-state index contributed by atoms with van der Waals surface area (Å²) in [5.41, 5.74) is 0. The van der Waals surface area contributed by atoms with E-state index < -0.39 is 20.0 Å². The third kappa shape index (κ3) is 24.3. The molecular weight excluding hydrogens is 491 g/mol. The number of unbranched alkanes of at least 4 members (excludes halogenated alkanes) is 13. The van der Waals surface area contributed by atoms with Crippen LogP contribution in [0.2, 0.25) is 0 Å². The van der Waals surface area contributed by atoms with E-state index in [-0.39, 0.29) is 19.1 Å². The van der Waals surface area contributed by atoms with Gasteiger partial charge in [-0.25, -0.2) is 4.57 Å². The van der Waals surface area contributed by atoms with E-state index in [0.717, 1.165) is 44.9 Å². The smallest absolute Gasteiger partial charge is 0.391 e. The number of hydrogen-bond donors (Lipinski definition) is 3. The maximum Gasteiger partial charge on any atom is 0.472 e. The van der Waals surface area contributed by atoms with E-state index in [1.54, 1.807) is 0 Å². The number of likely N-dealkylation sites (N-methyl/N-ethyl adjacent to an activating group) is 1. The van der Waals surface area contributed by atoms with Crippen LogP contribution in [0.1, 0.15) is 123 Å². The average molecular weight is 552 g/mol. The predicted octanol–water partition coefficient (Wildman–Crippen LogP) is 6.34. The van der Waals surface area contributed by atoms with Gasteiger partial charge in [-0.15, -0.1) is 0 Å². The molecule has 0 aromatic heterocycles. The lowest BCUT2D eigenvalue weighted by molar-refractivity contribution is -0.870. The van der Waals surface area contributed by atoms with Gasteiger partial charge in [0.05, 0.1) is 39.9 Å². The molecule has 0 spiro atoms. The normalized spacial score (nSPS) is 15.3. The second kappa shape index (κ2) is 22.3. The summed E-state index contributed by atoms with van der Waals surface area (Å²) in [5, 5.41) is 13.6. The zero-order valence-corrected chi connectivity index (χ0v) is 25.6. The van der Waals surface area contributed by atoms with Crippen molar-refractivity contribution in [1.29, 1.82) is 0 Å².